The molecule has 0 aromatic heterocycles. The van der Waals surface area contributed by atoms with Gasteiger partial charge in [-0.2, -0.15) is 0 Å². The van der Waals surface area contributed by atoms with Gasteiger partial charge in [0.25, 0.3) is 0 Å². The summed E-state index contributed by atoms with van der Waals surface area (Å²) in [5.41, 5.74) is -3.38. The van der Waals surface area contributed by atoms with Gasteiger partial charge in [0.1, 0.15) is 35.3 Å². The summed E-state index contributed by atoms with van der Waals surface area (Å²) in [6.45, 7) is 11.2. The number of ketones is 1. The molecule has 0 unspecified atom stereocenters. The normalized spacial score (nSPS) is 53.4. The van der Waals surface area contributed by atoms with Crippen molar-refractivity contribution in [2.75, 3.05) is 21.3 Å². The molecule has 0 aromatic rings. The molecule has 0 spiro atoms. The molecule has 3 heterocycles. The van der Waals surface area contributed by atoms with Crippen molar-refractivity contribution < 1.29 is 67.9 Å². The molecule has 7 rings (SSSR count). The van der Waals surface area contributed by atoms with Gasteiger partial charge in [-0.05, 0) is 78.1 Å². The highest BCUT2D eigenvalue weighted by Crippen LogP contribution is 2.69. The molecule has 0 bridgehead atoms. The standard InChI is InChI=1S/C42H68O14/c1-21(43)27-12-15-42(47)40(27,6)32(44)20-31-39(5)13-11-26(16-25(39)10-14-41(31,42)46)54-33-18-29(49-8)37(23(3)52-33)56-35-19-30(50-9)38(24(4)53-35)55-34-17-28(48-7)36(45)22(2)51-34/h10,22-24,26-38,44-47H,11-20H2,1-9H3/t22-,23-,24-,26+,27-,28-,29+,30+,31-,32-,33+,34+,35+,36-,37-,38-,39+,40+,41+,42-/m1/s1. The molecule has 4 aliphatic carbocycles. The Balaban J connectivity index is 0.959. The number of rotatable bonds is 10. The van der Waals surface area contributed by atoms with Crippen LogP contribution in [0.3, 0.4) is 0 Å². The Hall–Kier alpha value is -1.11. The predicted molar refractivity (Wildman–Crippen MR) is 200 cm³/mol. The highest BCUT2D eigenvalue weighted by Gasteiger charge is 2.76. The first kappa shape index (κ1) is 43.0. The Labute approximate surface area is 331 Å². The van der Waals surface area contributed by atoms with Gasteiger partial charge in [0.15, 0.2) is 18.9 Å². The quantitative estimate of drug-likeness (QED) is 0.237. The summed E-state index contributed by atoms with van der Waals surface area (Å²) in [6.07, 6.45) is 0.208. The van der Waals surface area contributed by atoms with E-state index < -0.39 is 83.4 Å². The second-order valence-electron chi connectivity index (χ2n) is 18.5. The molecular formula is C42H68O14. The van der Waals surface area contributed by atoms with Crippen LogP contribution in [-0.2, 0) is 47.4 Å². The van der Waals surface area contributed by atoms with Gasteiger partial charge in [0.05, 0.1) is 48.8 Å². The number of carbonyl (C=O) groups excluding carboxylic acids is 1. The van der Waals surface area contributed by atoms with Crippen molar-refractivity contribution in [3.05, 3.63) is 11.6 Å². The van der Waals surface area contributed by atoms with E-state index in [0.29, 0.717) is 38.5 Å². The van der Waals surface area contributed by atoms with E-state index in [0.717, 1.165) is 12.8 Å². The number of hydrogen-bond acceptors (Lipinski definition) is 14. The average molecular weight is 797 g/mol. The summed E-state index contributed by atoms with van der Waals surface area (Å²) in [5, 5.41) is 46.9. The summed E-state index contributed by atoms with van der Waals surface area (Å²) in [6, 6.07) is 0. The Kier molecular flexibility index (Phi) is 12.3. The van der Waals surface area contributed by atoms with Crippen molar-refractivity contribution in [3.8, 4) is 0 Å². The minimum Gasteiger partial charge on any atom is -0.392 e. The summed E-state index contributed by atoms with van der Waals surface area (Å²) in [7, 11) is 4.88. The van der Waals surface area contributed by atoms with Crippen LogP contribution in [0.5, 0.6) is 0 Å². The second-order valence-corrected chi connectivity index (χ2v) is 18.5. The average Bonchev–Trinajstić information content (AvgIpc) is 3.46. The van der Waals surface area contributed by atoms with Crippen molar-refractivity contribution in [1.82, 2.24) is 0 Å². The maximum absolute atomic E-state index is 12.7. The lowest BCUT2D eigenvalue weighted by Gasteiger charge is -2.66. The van der Waals surface area contributed by atoms with Crippen LogP contribution in [0.2, 0.25) is 0 Å². The first-order valence-corrected chi connectivity index (χ1v) is 21.0. The zero-order chi connectivity index (χ0) is 40.5. The molecule has 14 heteroatoms. The number of hydrogen-bond donors (Lipinski definition) is 4. The first-order chi connectivity index (χ1) is 26.4. The van der Waals surface area contributed by atoms with Crippen LogP contribution >= 0.6 is 0 Å². The maximum atomic E-state index is 12.7. The summed E-state index contributed by atoms with van der Waals surface area (Å²) >= 11 is 0. The van der Waals surface area contributed by atoms with Gasteiger partial charge in [0.2, 0.25) is 0 Å². The van der Waals surface area contributed by atoms with Gasteiger partial charge in [-0.3, -0.25) is 4.79 Å². The third kappa shape index (κ3) is 6.97. The zero-order valence-corrected chi connectivity index (χ0v) is 34.8. The van der Waals surface area contributed by atoms with Crippen LogP contribution < -0.4 is 0 Å². The van der Waals surface area contributed by atoms with E-state index in [4.69, 9.17) is 42.6 Å². The maximum Gasteiger partial charge on any atom is 0.161 e. The van der Waals surface area contributed by atoms with E-state index in [2.05, 4.69) is 13.0 Å². The van der Waals surface area contributed by atoms with Gasteiger partial charge in [-0.15, -0.1) is 0 Å². The molecule has 3 saturated carbocycles. The second kappa shape index (κ2) is 16.1. The molecule has 56 heavy (non-hydrogen) atoms. The minimum atomic E-state index is -1.57. The van der Waals surface area contributed by atoms with Crippen molar-refractivity contribution >= 4 is 5.78 Å². The fourth-order valence-corrected chi connectivity index (χ4v) is 12.3. The predicted octanol–water partition coefficient (Wildman–Crippen LogP) is 3.32. The topological polar surface area (TPSA) is 181 Å². The lowest BCUT2D eigenvalue weighted by atomic mass is 9.43. The first-order valence-electron chi connectivity index (χ1n) is 21.0. The fraction of sp³-hybridized carbons (Fsp3) is 0.929. The number of fused-ring (bicyclic) bond motifs is 5. The van der Waals surface area contributed by atoms with Crippen LogP contribution in [0, 0.1) is 22.7 Å². The summed E-state index contributed by atoms with van der Waals surface area (Å²) in [5.74, 6) is -0.898. The van der Waals surface area contributed by atoms with E-state index in [1.165, 1.54) is 12.5 Å². The van der Waals surface area contributed by atoms with Crippen LogP contribution in [0.4, 0.5) is 0 Å². The van der Waals surface area contributed by atoms with Crippen LogP contribution in [-0.4, -0.2) is 145 Å². The van der Waals surface area contributed by atoms with Gasteiger partial charge >= 0.3 is 0 Å². The molecule has 14 nitrogen and oxygen atoms in total. The summed E-state index contributed by atoms with van der Waals surface area (Å²) in [4.78, 5) is 12.7. The highest BCUT2D eigenvalue weighted by molar-refractivity contribution is 5.80. The van der Waals surface area contributed by atoms with Crippen molar-refractivity contribution in [3.63, 3.8) is 0 Å². The van der Waals surface area contributed by atoms with E-state index in [1.807, 2.05) is 13.8 Å². The smallest absolute Gasteiger partial charge is 0.161 e. The lowest BCUT2D eigenvalue weighted by Crippen LogP contribution is -2.75. The molecule has 320 valence electrons. The van der Waals surface area contributed by atoms with Crippen LogP contribution in [0.1, 0.15) is 106 Å². The number of carbonyl (C=O) groups is 1. The van der Waals surface area contributed by atoms with Crippen molar-refractivity contribution in [1.29, 1.82) is 0 Å². The molecule has 3 aliphatic heterocycles. The van der Waals surface area contributed by atoms with E-state index in [-0.39, 0.29) is 55.1 Å². The largest absolute Gasteiger partial charge is 0.392 e. The summed E-state index contributed by atoms with van der Waals surface area (Å²) < 4.78 is 55.7. The third-order valence-electron chi connectivity index (χ3n) is 15.7. The molecule has 7 aliphatic rings. The fourth-order valence-electron chi connectivity index (χ4n) is 12.3. The van der Waals surface area contributed by atoms with Crippen molar-refractivity contribution in [2.45, 2.75) is 203 Å². The Morgan fingerprint density at radius 1 is 0.750 bits per heavy atom. The van der Waals surface area contributed by atoms with E-state index >= 15 is 0 Å². The molecule has 3 saturated heterocycles. The Morgan fingerprint density at radius 3 is 1.84 bits per heavy atom. The van der Waals surface area contributed by atoms with Crippen molar-refractivity contribution in [2.24, 2.45) is 22.7 Å². The molecule has 20 atom stereocenters. The molecule has 0 amide bonds. The monoisotopic (exact) mass is 796 g/mol. The zero-order valence-electron chi connectivity index (χ0n) is 34.8. The minimum absolute atomic E-state index is 0.0474. The number of aliphatic hydroxyl groups excluding tert-OH is 2. The Morgan fingerprint density at radius 2 is 1.29 bits per heavy atom. The van der Waals surface area contributed by atoms with E-state index in [1.54, 1.807) is 35.2 Å². The SMILES string of the molecule is CO[C@H]1C[C@H](O[C@H]2CC[C@@]3(C)C(=CC[C@]4(O)[C@@H]3C[C@@H](O)[C@]3(C)[C@@H](C(C)=O)CC[C@@]34O)C2)O[C@H](C)[C@H]1O[C@H]1C[C@H](OC)[C@H](O[C@H]2C[C@@H](OC)[C@H](O)[C@@H](C)O2)[C@@H](C)O1. The van der Waals surface area contributed by atoms with Gasteiger partial charge in [-0.1, -0.05) is 25.5 Å². The molecule has 6 fully saturated rings. The number of ether oxygens (including phenoxy) is 9. The van der Waals surface area contributed by atoms with Gasteiger partial charge in [0, 0.05) is 57.8 Å². The number of methoxy groups -OCH3 is 3. The third-order valence-corrected chi connectivity index (χ3v) is 15.7. The molecule has 0 aromatic carbocycles. The molecule has 0 radical (unpaired) electrons. The van der Waals surface area contributed by atoms with E-state index in [9.17, 15) is 25.2 Å². The highest BCUT2D eigenvalue weighted by atomic mass is 16.7. The Bertz CT molecular complexity index is 1450. The van der Waals surface area contributed by atoms with Gasteiger partial charge in [-0.25, -0.2) is 0 Å². The molecule has 4 N–H and O–H groups in total. The van der Waals surface area contributed by atoms with Crippen LogP contribution in [0.25, 0.3) is 0 Å². The van der Waals surface area contributed by atoms with Gasteiger partial charge < -0.3 is 63.1 Å². The number of aliphatic hydroxyl groups is 4. The van der Waals surface area contributed by atoms with Crippen LogP contribution in [0.15, 0.2) is 11.6 Å². The lowest BCUT2D eigenvalue weighted by molar-refractivity contribution is -0.338. The number of Topliss-reactive ketones (excluding diaryl/α,β-unsaturated/α-hetero) is 1. The molecular weight excluding hydrogens is 728 g/mol.